The molecule has 2 aliphatic heterocycles. The van der Waals surface area contributed by atoms with Crippen molar-refractivity contribution >= 4 is 41.0 Å². The summed E-state index contributed by atoms with van der Waals surface area (Å²) in [6.45, 7) is 2.61. The van der Waals surface area contributed by atoms with Gasteiger partial charge >= 0.3 is 0 Å². The summed E-state index contributed by atoms with van der Waals surface area (Å²) >= 11 is 12.3. The number of carbonyl (C=O) groups is 2. The number of amides is 2. The van der Waals surface area contributed by atoms with Gasteiger partial charge in [0, 0.05) is 36.4 Å². The summed E-state index contributed by atoms with van der Waals surface area (Å²) < 4.78 is 7.65. The summed E-state index contributed by atoms with van der Waals surface area (Å²) in [7, 11) is 1.57. The molecule has 4 aromatic rings. The highest BCUT2D eigenvalue weighted by molar-refractivity contribution is 6.42. The van der Waals surface area contributed by atoms with E-state index in [9.17, 15) is 14.4 Å². The standard InChI is InChI=1S/C33H31Cl2N5O4/c1-19-16-24-28(18-39(19)31(42)22-10-13-25(34)26(35)17-22)38-33(37-27-14-15-44-29(27)20-6-4-3-5-7-20)40(32(24)43)23-11-8-21(9-12-23)30(41)36-2/h3-13,17,19,27,29H,14-16,18H2,1-2H3,(H,36,41)(H,37,38)/t19-,27-,29+/m1/s1. The quantitative estimate of drug-likeness (QED) is 0.294. The van der Waals surface area contributed by atoms with Crippen molar-refractivity contribution in [2.75, 3.05) is 19.0 Å². The van der Waals surface area contributed by atoms with Gasteiger partial charge in [0.15, 0.2) is 0 Å². The second kappa shape index (κ2) is 12.4. The first-order valence-corrected chi connectivity index (χ1v) is 15.2. The molecule has 0 bridgehead atoms. The van der Waals surface area contributed by atoms with Crippen molar-refractivity contribution in [2.24, 2.45) is 0 Å². The molecule has 3 heterocycles. The second-order valence-electron chi connectivity index (χ2n) is 11.0. The van der Waals surface area contributed by atoms with Crippen molar-refractivity contribution in [3.63, 3.8) is 0 Å². The van der Waals surface area contributed by atoms with Gasteiger partial charge in [0.05, 0.1) is 34.0 Å². The van der Waals surface area contributed by atoms with Crippen LogP contribution in [0.2, 0.25) is 10.0 Å². The average molecular weight is 633 g/mol. The number of nitrogens with one attached hydrogen (secondary N) is 2. The fraction of sp³-hybridized carbons (Fsp3) is 0.273. The molecule has 1 fully saturated rings. The molecule has 1 aromatic heterocycles. The van der Waals surface area contributed by atoms with E-state index in [0.717, 1.165) is 5.56 Å². The van der Waals surface area contributed by atoms with Crippen LogP contribution in [-0.2, 0) is 17.7 Å². The molecule has 9 nitrogen and oxygen atoms in total. The lowest BCUT2D eigenvalue weighted by Gasteiger charge is -2.35. The summed E-state index contributed by atoms with van der Waals surface area (Å²) in [6.07, 6.45) is 0.798. The van der Waals surface area contributed by atoms with Crippen LogP contribution in [0.15, 0.2) is 77.6 Å². The van der Waals surface area contributed by atoms with Crippen LogP contribution < -0.4 is 16.2 Å². The zero-order valence-corrected chi connectivity index (χ0v) is 25.7. The first kappa shape index (κ1) is 29.9. The minimum atomic E-state index is -0.271. The number of halogens is 2. The summed E-state index contributed by atoms with van der Waals surface area (Å²) in [4.78, 5) is 46.7. The van der Waals surface area contributed by atoms with Gasteiger partial charge in [-0.1, -0.05) is 53.5 Å². The third kappa shape index (κ3) is 5.70. The van der Waals surface area contributed by atoms with Crippen molar-refractivity contribution in [1.82, 2.24) is 19.8 Å². The molecular formula is C33H31Cl2N5O4. The summed E-state index contributed by atoms with van der Waals surface area (Å²) in [5, 5.41) is 6.79. The molecule has 6 rings (SSSR count). The van der Waals surface area contributed by atoms with E-state index >= 15 is 0 Å². The zero-order chi connectivity index (χ0) is 31.0. The van der Waals surface area contributed by atoms with Gasteiger partial charge in [-0.3, -0.25) is 14.4 Å². The second-order valence-corrected chi connectivity index (χ2v) is 11.8. The highest BCUT2D eigenvalue weighted by Crippen LogP contribution is 2.33. The van der Waals surface area contributed by atoms with Gasteiger partial charge < -0.3 is 20.3 Å². The maximum absolute atomic E-state index is 14.2. The molecule has 0 saturated carbocycles. The Hall–Kier alpha value is -4.18. The van der Waals surface area contributed by atoms with Crippen molar-refractivity contribution in [3.8, 4) is 5.69 Å². The number of ether oxygens (including phenoxy) is 1. The molecule has 0 unspecified atom stereocenters. The Balaban J connectivity index is 1.41. The molecule has 0 radical (unpaired) electrons. The number of nitrogens with zero attached hydrogens (tertiary/aromatic N) is 3. The molecule has 0 aliphatic carbocycles. The fourth-order valence-corrected chi connectivity index (χ4v) is 6.14. The average Bonchev–Trinajstić information content (AvgIpc) is 3.50. The number of hydrogen-bond donors (Lipinski definition) is 2. The highest BCUT2D eigenvalue weighted by Gasteiger charge is 2.34. The van der Waals surface area contributed by atoms with Crippen LogP contribution >= 0.6 is 23.2 Å². The van der Waals surface area contributed by atoms with Gasteiger partial charge in [-0.25, -0.2) is 9.55 Å². The first-order valence-electron chi connectivity index (χ1n) is 14.4. The molecule has 3 atom stereocenters. The van der Waals surface area contributed by atoms with E-state index in [1.54, 1.807) is 59.0 Å². The predicted molar refractivity (Wildman–Crippen MR) is 170 cm³/mol. The van der Waals surface area contributed by atoms with E-state index in [1.165, 1.54) is 0 Å². The molecule has 2 amide bonds. The van der Waals surface area contributed by atoms with Crippen LogP contribution in [0.4, 0.5) is 5.95 Å². The molecular weight excluding hydrogens is 601 g/mol. The van der Waals surface area contributed by atoms with Crippen molar-refractivity contribution in [2.45, 2.75) is 44.5 Å². The third-order valence-corrected chi connectivity index (χ3v) is 8.93. The molecule has 3 aromatic carbocycles. The van der Waals surface area contributed by atoms with Gasteiger partial charge in [0.1, 0.15) is 6.10 Å². The van der Waals surface area contributed by atoms with E-state index < -0.39 is 0 Å². The summed E-state index contributed by atoms with van der Waals surface area (Å²) in [6, 6.07) is 21.1. The SMILES string of the molecule is CNC(=O)c1ccc(-n2c(N[C@@H]3CCO[C@H]3c3ccccc3)nc3c(c2=O)C[C@@H](C)N(C(=O)c2ccc(Cl)c(Cl)c2)C3)cc1. The zero-order valence-electron chi connectivity index (χ0n) is 24.2. The van der Waals surface area contributed by atoms with Gasteiger partial charge in [-0.15, -0.1) is 0 Å². The summed E-state index contributed by atoms with van der Waals surface area (Å²) in [5.74, 6) is -0.102. The van der Waals surface area contributed by atoms with Gasteiger partial charge in [-0.2, -0.15) is 0 Å². The topological polar surface area (TPSA) is 106 Å². The molecule has 2 N–H and O–H groups in total. The monoisotopic (exact) mass is 631 g/mol. The van der Waals surface area contributed by atoms with Crippen molar-refractivity contribution in [3.05, 3.63) is 121 Å². The van der Waals surface area contributed by atoms with Crippen molar-refractivity contribution < 1.29 is 14.3 Å². The van der Waals surface area contributed by atoms with Crippen LogP contribution in [0.25, 0.3) is 5.69 Å². The largest absolute Gasteiger partial charge is 0.371 e. The number of anilines is 1. The van der Waals surface area contributed by atoms with E-state index in [2.05, 4.69) is 10.6 Å². The molecule has 11 heteroatoms. The Kier molecular flexibility index (Phi) is 8.44. The molecule has 44 heavy (non-hydrogen) atoms. The minimum Gasteiger partial charge on any atom is -0.371 e. The number of carbonyl (C=O) groups excluding carboxylic acids is 2. The van der Waals surface area contributed by atoms with E-state index in [-0.39, 0.29) is 42.1 Å². The minimum absolute atomic E-state index is 0.152. The molecule has 0 spiro atoms. The van der Waals surface area contributed by atoms with Crippen LogP contribution in [-0.4, -0.2) is 52.0 Å². The fourth-order valence-electron chi connectivity index (χ4n) is 5.84. The maximum atomic E-state index is 14.2. The maximum Gasteiger partial charge on any atom is 0.263 e. The smallest absolute Gasteiger partial charge is 0.263 e. The first-order chi connectivity index (χ1) is 21.2. The van der Waals surface area contributed by atoms with Crippen LogP contribution in [0.3, 0.4) is 0 Å². The lowest BCUT2D eigenvalue weighted by atomic mass is 9.98. The van der Waals surface area contributed by atoms with Gasteiger partial charge in [-0.05, 0) is 67.8 Å². The van der Waals surface area contributed by atoms with E-state index in [0.29, 0.717) is 63.5 Å². The third-order valence-electron chi connectivity index (χ3n) is 8.19. The number of rotatable bonds is 6. The molecule has 1 saturated heterocycles. The lowest BCUT2D eigenvalue weighted by molar-refractivity contribution is 0.0653. The Bertz CT molecular complexity index is 1780. The Morgan fingerprint density at radius 2 is 1.70 bits per heavy atom. The predicted octanol–water partition coefficient (Wildman–Crippen LogP) is 5.43. The lowest BCUT2D eigenvalue weighted by Crippen LogP contribution is -2.46. The summed E-state index contributed by atoms with van der Waals surface area (Å²) in [5.41, 5.74) is 3.31. The van der Waals surface area contributed by atoms with Crippen LogP contribution in [0.1, 0.15) is 57.0 Å². The Morgan fingerprint density at radius 1 is 0.977 bits per heavy atom. The van der Waals surface area contributed by atoms with E-state index in [4.69, 9.17) is 32.9 Å². The highest BCUT2D eigenvalue weighted by atomic mass is 35.5. The van der Waals surface area contributed by atoms with Crippen LogP contribution in [0, 0.1) is 0 Å². The van der Waals surface area contributed by atoms with Gasteiger partial charge in [0.2, 0.25) is 5.95 Å². The molecule has 2 aliphatic rings. The van der Waals surface area contributed by atoms with Crippen molar-refractivity contribution in [1.29, 1.82) is 0 Å². The molecule has 226 valence electrons. The van der Waals surface area contributed by atoms with E-state index in [1.807, 2.05) is 37.3 Å². The normalized spacial score (nSPS) is 19.4. The number of hydrogen-bond acceptors (Lipinski definition) is 6. The Morgan fingerprint density at radius 3 is 2.41 bits per heavy atom. The number of benzene rings is 3. The number of fused-ring (bicyclic) bond motifs is 1. The number of aromatic nitrogens is 2. The van der Waals surface area contributed by atoms with Gasteiger partial charge in [0.25, 0.3) is 17.4 Å². The Labute approximate surface area is 264 Å². The van der Waals surface area contributed by atoms with Crippen LogP contribution in [0.5, 0.6) is 0 Å².